The summed E-state index contributed by atoms with van der Waals surface area (Å²) in [4.78, 5) is 0. The molecule has 0 spiro atoms. The zero-order valence-electron chi connectivity index (χ0n) is 10.4. The summed E-state index contributed by atoms with van der Waals surface area (Å²) in [6.07, 6.45) is 5.82. The van der Waals surface area contributed by atoms with Crippen molar-refractivity contribution in [1.82, 2.24) is 5.32 Å². The lowest BCUT2D eigenvalue weighted by molar-refractivity contribution is 0.119. The fraction of sp³-hybridized carbons (Fsp3) is 0.571. The predicted octanol–water partition coefficient (Wildman–Crippen LogP) is 3.89. The van der Waals surface area contributed by atoms with E-state index in [0.29, 0.717) is 0 Å². The molecule has 4 heteroatoms. The number of rotatable bonds is 4. The Morgan fingerprint density at radius 3 is 2.61 bits per heavy atom. The van der Waals surface area contributed by atoms with Crippen molar-refractivity contribution in [2.75, 3.05) is 6.61 Å². The van der Waals surface area contributed by atoms with Crippen LogP contribution >= 0.6 is 27.5 Å². The summed E-state index contributed by atoms with van der Waals surface area (Å²) in [5.74, 6) is 0. The molecule has 100 valence electrons. The van der Waals surface area contributed by atoms with Gasteiger partial charge in [0, 0.05) is 16.6 Å². The standard InChI is InChI=1S/C14H19BrClNO/c15-12-5-4-11(8-13(12)16)9-17-14(10-18)6-2-1-3-7-14/h4-5,8,17-18H,1-3,6-7,9-10H2. The molecule has 2 nitrogen and oxygen atoms in total. The maximum Gasteiger partial charge on any atom is 0.0613 e. The van der Waals surface area contributed by atoms with Crippen molar-refractivity contribution < 1.29 is 5.11 Å². The van der Waals surface area contributed by atoms with Crippen molar-refractivity contribution in [3.63, 3.8) is 0 Å². The maximum atomic E-state index is 9.62. The van der Waals surface area contributed by atoms with Gasteiger partial charge in [-0.05, 0) is 46.5 Å². The molecule has 0 aromatic heterocycles. The van der Waals surface area contributed by atoms with Crippen LogP contribution in [0.5, 0.6) is 0 Å². The highest BCUT2D eigenvalue weighted by Crippen LogP contribution is 2.29. The molecule has 2 N–H and O–H groups in total. The smallest absolute Gasteiger partial charge is 0.0613 e. The van der Waals surface area contributed by atoms with Crippen LogP contribution in [0.2, 0.25) is 5.02 Å². The first-order valence-corrected chi connectivity index (χ1v) is 7.62. The molecule has 2 rings (SSSR count). The third-order valence-corrected chi connectivity index (χ3v) is 5.00. The summed E-state index contributed by atoms with van der Waals surface area (Å²) >= 11 is 9.47. The Balaban J connectivity index is 1.98. The molecule has 1 saturated carbocycles. The molecular formula is C14H19BrClNO. The predicted molar refractivity (Wildman–Crippen MR) is 78.9 cm³/mol. The second-order valence-corrected chi connectivity index (χ2v) is 6.36. The number of halogens is 2. The Labute approximate surface area is 122 Å². The first-order valence-electron chi connectivity index (χ1n) is 6.45. The van der Waals surface area contributed by atoms with Gasteiger partial charge in [0.1, 0.15) is 0 Å². The number of hydrogen-bond donors (Lipinski definition) is 2. The van der Waals surface area contributed by atoms with Crippen LogP contribution in [-0.2, 0) is 6.54 Å². The Bertz CT molecular complexity index is 405. The Morgan fingerprint density at radius 2 is 2.00 bits per heavy atom. The molecule has 0 heterocycles. The van der Waals surface area contributed by atoms with Gasteiger partial charge in [0.2, 0.25) is 0 Å². The van der Waals surface area contributed by atoms with E-state index in [0.717, 1.165) is 34.4 Å². The van der Waals surface area contributed by atoms with Gasteiger partial charge in [-0.25, -0.2) is 0 Å². The average molecular weight is 333 g/mol. The van der Waals surface area contributed by atoms with Gasteiger partial charge in [0.05, 0.1) is 11.6 Å². The van der Waals surface area contributed by atoms with E-state index in [1.807, 2.05) is 12.1 Å². The summed E-state index contributed by atoms with van der Waals surface area (Å²) in [7, 11) is 0. The van der Waals surface area contributed by atoms with Crippen LogP contribution < -0.4 is 5.32 Å². The minimum Gasteiger partial charge on any atom is -0.394 e. The number of nitrogens with one attached hydrogen (secondary N) is 1. The minimum absolute atomic E-state index is 0.0855. The Hall–Kier alpha value is -0.0900. The molecule has 1 aromatic carbocycles. The van der Waals surface area contributed by atoms with Crippen LogP contribution in [0.15, 0.2) is 22.7 Å². The van der Waals surface area contributed by atoms with Crippen molar-refractivity contribution >= 4 is 27.5 Å². The quantitative estimate of drug-likeness (QED) is 0.877. The highest BCUT2D eigenvalue weighted by molar-refractivity contribution is 9.10. The lowest BCUT2D eigenvalue weighted by atomic mass is 9.82. The van der Waals surface area contributed by atoms with E-state index < -0.39 is 0 Å². The van der Waals surface area contributed by atoms with Gasteiger partial charge in [0.15, 0.2) is 0 Å². The molecule has 0 saturated heterocycles. The van der Waals surface area contributed by atoms with Crippen molar-refractivity contribution in [2.24, 2.45) is 0 Å². The average Bonchev–Trinajstić information content (AvgIpc) is 2.41. The summed E-state index contributed by atoms with van der Waals surface area (Å²) in [6.45, 7) is 0.977. The Kier molecular flexibility index (Phi) is 5.07. The summed E-state index contributed by atoms with van der Waals surface area (Å²) in [6, 6.07) is 5.98. The van der Waals surface area contributed by atoms with Crippen LogP contribution in [0.3, 0.4) is 0 Å². The van der Waals surface area contributed by atoms with E-state index in [1.54, 1.807) is 0 Å². The molecule has 0 radical (unpaired) electrons. The molecule has 0 atom stereocenters. The van der Waals surface area contributed by atoms with E-state index in [2.05, 4.69) is 27.3 Å². The molecular weight excluding hydrogens is 314 g/mol. The van der Waals surface area contributed by atoms with E-state index in [1.165, 1.54) is 19.3 Å². The highest BCUT2D eigenvalue weighted by Gasteiger charge is 2.30. The van der Waals surface area contributed by atoms with Crippen molar-refractivity contribution in [2.45, 2.75) is 44.2 Å². The van der Waals surface area contributed by atoms with Crippen LogP contribution in [-0.4, -0.2) is 17.3 Å². The molecule has 1 aliphatic carbocycles. The zero-order valence-corrected chi connectivity index (χ0v) is 12.7. The van der Waals surface area contributed by atoms with Crippen LogP contribution in [0.4, 0.5) is 0 Å². The summed E-state index contributed by atoms with van der Waals surface area (Å²) in [5.41, 5.74) is 1.07. The molecule has 0 aliphatic heterocycles. The number of benzene rings is 1. The van der Waals surface area contributed by atoms with Gasteiger partial charge >= 0.3 is 0 Å². The van der Waals surface area contributed by atoms with Gasteiger partial charge in [-0.1, -0.05) is 36.9 Å². The highest BCUT2D eigenvalue weighted by atomic mass is 79.9. The molecule has 0 unspecified atom stereocenters. The fourth-order valence-electron chi connectivity index (χ4n) is 2.56. The van der Waals surface area contributed by atoms with Gasteiger partial charge in [-0.2, -0.15) is 0 Å². The van der Waals surface area contributed by atoms with Crippen molar-refractivity contribution in [3.8, 4) is 0 Å². The van der Waals surface area contributed by atoms with Crippen LogP contribution in [0.25, 0.3) is 0 Å². The molecule has 0 bridgehead atoms. The van der Waals surface area contributed by atoms with Crippen LogP contribution in [0.1, 0.15) is 37.7 Å². The lowest BCUT2D eigenvalue weighted by Crippen LogP contribution is -2.49. The normalized spacial score (nSPS) is 18.8. The first kappa shape index (κ1) is 14.3. The molecule has 1 aromatic rings. The molecule has 18 heavy (non-hydrogen) atoms. The minimum atomic E-state index is -0.0855. The second-order valence-electron chi connectivity index (χ2n) is 5.10. The van der Waals surface area contributed by atoms with E-state index in [-0.39, 0.29) is 12.1 Å². The van der Waals surface area contributed by atoms with Crippen molar-refractivity contribution in [3.05, 3.63) is 33.3 Å². The van der Waals surface area contributed by atoms with Crippen LogP contribution in [0, 0.1) is 0 Å². The lowest BCUT2D eigenvalue weighted by Gasteiger charge is -2.36. The van der Waals surface area contributed by atoms with Gasteiger partial charge in [0.25, 0.3) is 0 Å². The molecule has 0 amide bonds. The number of aliphatic hydroxyl groups is 1. The largest absolute Gasteiger partial charge is 0.394 e. The first-order chi connectivity index (χ1) is 8.65. The van der Waals surface area contributed by atoms with Gasteiger partial charge < -0.3 is 10.4 Å². The van der Waals surface area contributed by atoms with Crippen molar-refractivity contribution in [1.29, 1.82) is 0 Å². The maximum absolute atomic E-state index is 9.62. The summed E-state index contributed by atoms with van der Waals surface area (Å²) < 4.78 is 0.919. The number of hydrogen-bond acceptors (Lipinski definition) is 2. The van der Waals surface area contributed by atoms with E-state index >= 15 is 0 Å². The fourth-order valence-corrected chi connectivity index (χ4v) is 3.01. The van der Waals surface area contributed by atoms with Gasteiger partial charge in [-0.3, -0.25) is 0 Å². The summed E-state index contributed by atoms with van der Waals surface area (Å²) in [5, 5.41) is 13.9. The number of aliphatic hydroxyl groups excluding tert-OH is 1. The van der Waals surface area contributed by atoms with E-state index in [9.17, 15) is 5.11 Å². The molecule has 1 fully saturated rings. The van der Waals surface area contributed by atoms with Gasteiger partial charge in [-0.15, -0.1) is 0 Å². The monoisotopic (exact) mass is 331 g/mol. The topological polar surface area (TPSA) is 32.3 Å². The van der Waals surface area contributed by atoms with E-state index in [4.69, 9.17) is 11.6 Å². The molecule has 1 aliphatic rings. The zero-order chi connectivity index (χ0) is 13.0. The third kappa shape index (κ3) is 3.47. The Morgan fingerprint density at radius 1 is 1.28 bits per heavy atom. The SMILES string of the molecule is OCC1(NCc2ccc(Br)c(Cl)c2)CCCCC1. The second kappa shape index (κ2) is 6.38. The third-order valence-electron chi connectivity index (χ3n) is 3.76.